The van der Waals surface area contributed by atoms with Gasteiger partial charge in [-0.2, -0.15) is 4.37 Å². The number of aromatic hydroxyl groups is 2. The van der Waals surface area contributed by atoms with Crippen molar-refractivity contribution < 1.29 is 10.2 Å². The van der Waals surface area contributed by atoms with Crippen LogP contribution in [-0.4, -0.2) is 56.8 Å². The van der Waals surface area contributed by atoms with Crippen molar-refractivity contribution in [1.82, 2.24) is 13.8 Å². The third-order valence-corrected chi connectivity index (χ3v) is 10.2. The maximum atomic E-state index is 11.1. The van der Waals surface area contributed by atoms with Crippen LogP contribution in [0.2, 0.25) is 0 Å². The molecule has 7 heteroatoms. The molecule has 6 nitrogen and oxygen atoms in total. The van der Waals surface area contributed by atoms with Gasteiger partial charge in [0.2, 0.25) is 0 Å². The molecule has 1 aliphatic heterocycles. The Kier molecular flexibility index (Phi) is 6.17. The number of rotatable bonds is 7. The Morgan fingerprint density at radius 3 is 2.09 bits per heavy atom. The number of fused-ring (bicyclic) bond motifs is 5. The lowest BCUT2D eigenvalue weighted by atomic mass is 9.78. The molecule has 35 heavy (non-hydrogen) atoms. The molecule has 1 saturated heterocycles. The maximum absolute atomic E-state index is 11.1. The topological polar surface area (TPSA) is 64.8 Å². The van der Waals surface area contributed by atoms with Gasteiger partial charge in [0.1, 0.15) is 5.82 Å². The zero-order valence-corrected chi connectivity index (χ0v) is 21.5. The van der Waals surface area contributed by atoms with Crippen molar-refractivity contribution in [1.29, 1.82) is 0 Å². The summed E-state index contributed by atoms with van der Waals surface area (Å²) in [6, 6.07) is 0. The molecule has 188 valence electrons. The summed E-state index contributed by atoms with van der Waals surface area (Å²) in [5.41, 5.74) is 3.25. The molecule has 3 fully saturated rings. The largest absolute Gasteiger partial charge is 0.494 e. The summed E-state index contributed by atoms with van der Waals surface area (Å²) < 4.78 is 6.56. The van der Waals surface area contributed by atoms with Gasteiger partial charge >= 0.3 is 0 Å². The minimum Gasteiger partial charge on any atom is -0.494 e. The van der Waals surface area contributed by atoms with Gasteiger partial charge in [0.05, 0.1) is 4.88 Å². The smallest absolute Gasteiger partial charge is 0.197 e. The van der Waals surface area contributed by atoms with Gasteiger partial charge in [0, 0.05) is 56.0 Å². The summed E-state index contributed by atoms with van der Waals surface area (Å²) >= 11 is 1.50. The summed E-state index contributed by atoms with van der Waals surface area (Å²) in [6.07, 6.45) is 12.2. The number of hydrogen-bond acceptors (Lipinski definition) is 6. The summed E-state index contributed by atoms with van der Waals surface area (Å²) in [5, 5.41) is 22.1. The van der Waals surface area contributed by atoms with Crippen LogP contribution in [0.1, 0.15) is 78.3 Å². The normalized spacial score (nSPS) is 28.4. The molecule has 3 heterocycles. The number of hydrogen-bond donors (Lipinski definition) is 2. The molecule has 2 bridgehead atoms. The Hall–Kier alpha value is -2.25. The molecule has 2 saturated carbocycles. The van der Waals surface area contributed by atoms with Gasteiger partial charge in [-0.3, -0.25) is 9.47 Å². The molecule has 6 rings (SSSR count). The van der Waals surface area contributed by atoms with Crippen LogP contribution < -0.4 is 4.90 Å². The van der Waals surface area contributed by atoms with Crippen molar-refractivity contribution in [3.63, 3.8) is 0 Å². The first kappa shape index (κ1) is 23.2. The highest BCUT2D eigenvalue weighted by Crippen LogP contribution is 2.60. The first-order valence-corrected chi connectivity index (χ1v) is 14.2. The van der Waals surface area contributed by atoms with Crippen molar-refractivity contribution in [2.75, 3.05) is 37.6 Å². The zero-order valence-electron chi connectivity index (χ0n) is 20.7. The minimum atomic E-state index is 0.364. The average molecular weight is 495 g/mol. The van der Waals surface area contributed by atoms with E-state index >= 15 is 0 Å². The summed E-state index contributed by atoms with van der Waals surface area (Å²) in [5.74, 6) is 3.81. The van der Waals surface area contributed by atoms with Crippen molar-refractivity contribution in [2.24, 2.45) is 11.8 Å². The second-order valence-corrected chi connectivity index (χ2v) is 11.9. The molecule has 0 aromatic carbocycles. The molecule has 2 N–H and O–H groups in total. The van der Waals surface area contributed by atoms with E-state index < -0.39 is 0 Å². The van der Waals surface area contributed by atoms with E-state index in [4.69, 9.17) is 0 Å². The number of anilines is 1. The lowest BCUT2D eigenvalue weighted by Gasteiger charge is -2.40. The Labute approximate surface area is 212 Å². The molecule has 2 aromatic rings. The highest BCUT2D eigenvalue weighted by molar-refractivity contribution is 7.07. The molecule has 2 aromatic heterocycles. The van der Waals surface area contributed by atoms with E-state index in [0.29, 0.717) is 35.4 Å². The highest BCUT2D eigenvalue weighted by atomic mass is 32.1. The lowest BCUT2D eigenvalue weighted by Crippen LogP contribution is -2.49. The Morgan fingerprint density at radius 1 is 0.857 bits per heavy atom. The third-order valence-electron chi connectivity index (χ3n) is 9.31. The van der Waals surface area contributed by atoms with Gasteiger partial charge in [0.15, 0.2) is 11.8 Å². The fourth-order valence-electron chi connectivity index (χ4n) is 7.46. The molecular formula is C28H38N4O2S. The van der Waals surface area contributed by atoms with Crippen LogP contribution >= 0.6 is 11.5 Å². The van der Waals surface area contributed by atoms with Crippen LogP contribution in [0.4, 0.5) is 5.82 Å². The van der Waals surface area contributed by atoms with Gasteiger partial charge in [-0.1, -0.05) is 32.1 Å². The van der Waals surface area contributed by atoms with Crippen LogP contribution in [0.3, 0.4) is 0 Å². The average Bonchev–Trinajstić information content (AvgIpc) is 3.65. The van der Waals surface area contributed by atoms with Crippen LogP contribution in [0.5, 0.6) is 11.8 Å². The van der Waals surface area contributed by atoms with Gasteiger partial charge < -0.3 is 15.1 Å². The fraction of sp³-hybridized carbons (Fsp3) is 0.607. The van der Waals surface area contributed by atoms with Crippen molar-refractivity contribution >= 4 is 29.5 Å². The Morgan fingerprint density at radius 2 is 1.49 bits per heavy atom. The fourth-order valence-corrected chi connectivity index (χ4v) is 8.20. The molecule has 0 unspecified atom stereocenters. The zero-order chi connectivity index (χ0) is 24.1. The summed E-state index contributed by atoms with van der Waals surface area (Å²) in [6.45, 7) is 13.8. The van der Waals surface area contributed by atoms with E-state index in [1.165, 1.54) is 37.2 Å². The standard InChI is InChI=1S/C28H38N4O2S/c1-3-22-23(4-2)35-29-26(22)31-13-11-30(12-14-31)16-20-7-5-6-8-21(20)17-32-27(33)24-18-9-10-19(15-18)25(24)28(32)34/h3-4,18-21,33-34H,1-2,5-17H2/t18-,19+,20-,21-/m0/s1. The van der Waals surface area contributed by atoms with E-state index in [9.17, 15) is 10.2 Å². The van der Waals surface area contributed by atoms with Crippen LogP contribution in [0.25, 0.3) is 12.2 Å². The molecule has 4 aliphatic rings. The second-order valence-electron chi connectivity index (χ2n) is 11.1. The number of nitrogens with zero attached hydrogens (tertiary/aromatic N) is 4. The Bertz CT molecular complexity index is 1080. The first-order chi connectivity index (χ1) is 17.1. The van der Waals surface area contributed by atoms with E-state index in [-0.39, 0.29) is 0 Å². The van der Waals surface area contributed by atoms with Crippen molar-refractivity contribution in [3.8, 4) is 11.8 Å². The summed E-state index contributed by atoms with van der Waals surface area (Å²) in [4.78, 5) is 6.10. The van der Waals surface area contributed by atoms with Crippen LogP contribution in [-0.2, 0) is 6.54 Å². The van der Waals surface area contributed by atoms with E-state index in [0.717, 1.165) is 85.9 Å². The van der Waals surface area contributed by atoms with Crippen LogP contribution in [0.15, 0.2) is 13.2 Å². The quantitative estimate of drug-likeness (QED) is 0.522. The lowest BCUT2D eigenvalue weighted by molar-refractivity contribution is 0.130. The van der Waals surface area contributed by atoms with E-state index in [1.807, 2.05) is 16.7 Å². The number of piperazine rings is 1. The molecule has 0 radical (unpaired) electrons. The predicted molar refractivity (Wildman–Crippen MR) is 143 cm³/mol. The monoisotopic (exact) mass is 494 g/mol. The van der Waals surface area contributed by atoms with Gasteiger partial charge in [0.25, 0.3) is 0 Å². The summed E-state index contributed by atoms with van der Waals surface area (Å²) in [7, 11) is 0. The second kappa shape index (κ2) is 9.32. The number of aromatic nitrogens is 2. The molecule has 4 atom stereocenters. The van der Waals surface area contributed by atoms with E-state index in [2.05, 4.69) is 27.3 Å². The van der Waals surface area contributed by atoms with Gasteiger partial charge in [-0.15, -0.1) is 0 Å². The Balaban J connectivity index is 1.11. The minimum absolute atomic E-state index is 0.364. The van der Waals surface area contributed by atoms with Gasteiger partial charge in [-0.25, -0.2) is 0 Å². The molecular weight excluding hydrogens is 456 g/mol. The van der Waals surface area contributed by atoms with Crippen LogP contribution in [0, 0.1) is 11.8 Å². The molecule has 0 spiro atoms. The maximum Gasteiger partial charge on any atom is 0.197 e. The molecule has 3 aliphatic carbocycles. The van der Waals surface area contributed by atoms with Gasteiger partial charge in [-0.05, 0) is 73.4 Å². The van der Waals surface area contributed by atoms with E-state index in [1.54, 1.807) is 0 Å². The van der Waals surface area contributed by atoms with Crippen molar-refractivity contribution in [3.05, 3.63) is 34.7 Å². The highest BCUT2D eigenvalue weighted by Gasteiger charge is 2.44. The predicted octanol–water partition coefficient (Wildman–Crippen LogP) is 5.64. The molecule has 0 amide bonds. The third kappa shape index (κ3) is 3.91. The van der Waals surface area contributed by atoms with Crippen molar-refractivity contribution in [2.45, 2.75) is 63.3 Å². The SMILES string of the molecule is C=Cc1snc(N2CCN(C[C@@H]3CCCC[C@H]3Cn3c(O)c4c(c3O)[C@H]3CC[C@@H]4C3)CC2)c1C=C. The first-order valence-electron chi connectivity index (χ1n) is 13.4.